The van der Waals surface area contributed by atoms with E-state index in [4.69, 9.17) is 18.9 Å². The Morgan fingerprint density at radius 3 is 2.41 bits per heavy atom. The molecule has 12 heteroatoms. The highest BCUT2D eigenvalue weighted by molar-refractivity contribution is 9.10. The van der Waals surface area contributed by atoms with Crippen molar-refractivity contribution in [3.05, 3.63) is 101 Å². The highest BCUT2D eigenvalue weighted by Crippen LogP contribution is 2.47. The molecule has 2 aliphatic heterocycles. The minimum absolute atomic E-state index is 0.204. The van der Waals surface area contributed by atoms with Crippen LogP contribution >= 0.6 is 27.3 Å². The molecule has 10 nitrogen and oxygen atoms in total. The Morgan fingerprint density at radius 2 is 1.63 bits per heavy atom. The minimum Gasteiger partial charge on any atom is -0.508 e. The summed E-state index contributed by atoms with van der Waals surface area (Å²) in [4.78, 5) is 39.4. The molecule has 3 amide bonds. The van der Waals surface area contributed by atoms with E-state index in [-0.39, 0.29) is 37.1 Å². The number of hydrogen-bond donors (Lipinski definition) is 2. The molecule has 2 N–H and O–H groups in total. The van der Waals surface area contributed by atoms with E-state index in [1.807, 2.05) is 54.6 Å². The summed E-state index contributed by atoms with van der Waals surface area (Å²) in [7, 11) is 0. The van der Waals surface area contributed by atoms with Crippen LogP contribution in [0.1, 0.15) is 28.8 Å². The average molecular weight is 744 g/mol. The number of nitrogens with zero attached hydrogens (tertiary/aromatic N) is 1. The van der Waals surface area contributed by atoms with Crippen LogP contribution in [0.3, 0.4) is 0 Å². The van der Waals surface area contributed by atoms with Crippen LogP contribution in [0.15, 0.2) is 89.4 Å². The summed E-state index contributed by atoms with van der Waals surface area (Å²) in [6.07, 6.45) is 0.512. The van der Waals surface area contributed by atoms with Gasteiger partial charge < -0.3 is 29.0 Å². The molecule has 0 bridgehead atoms. The van der Waals surface area contributed by atoms with Crippen LogP contribution in [-0.4, -0.2) is 60.2 Å². The summed E-state index contributed by atoms with van der Waals surface area (Å²) in [5.74, 6) is 1.83. The van der Waals surface area contributed by atoms with Gasteiger partial charge in [-0.1, -0.05) is 34.1 Å². The summed E-state index contributed by atoms with van der Waals surface area (Å²) >= 11 is 5.06. The van der Waals surface area contributed by atoms with Crippen molar-refractivity contribution in [1.29, 1.82) is 0 Å². The van der Waals surface area contributed by atoms with Crippen molar-refractivity contribution < 1.29 is 38.4 Å². The molecular weight excluding hydrogens is 712 g/mol. The first-order valence-electron chi connectivity index (χ1n) is 15.7. The lowest BCUT2D eigenvalue weighted by molar-refractivity contribution is -0.136. The van der Waals surface area contributed by atoms with E-state index in [0.29, 0.717) is 49.1 Å². The number of phenolic OH excluding ortho intramolecular Hbond substituents is 1. The maximum absolute atomic E-state index is 13.0. The predicted molar refractivity (Wildman–Crippen MR) is 187 cm³/mol. The van der Waals surface area contributed by atoms with Gasteiger partial charge >= 0.3 is 0 Å². The zero-order valence-corrected chi connectivity index (χ0v) is 28.6. The second-order valence-corrected chi connectivity index (χ2v) is 13.5. The second-order valence-electron chi connectivity index (χ2n) is 11.5. The second kappa shape index (κ2) is 14.3. The number of thiophene rings is 1. The summed E-state index contributed by atoms with van der Waals surface area (Å²) in [6, 6.07) is 25.3. The van der Waals surface area contributed by atoms with Gasteiger partial charge in [-0.3, -0.25) is 19.7 Å². The van der Waals surface area contributed by atoms with Crippen molar-refractivity contribution in [2.45, 2.75) is 25.4 Å². The predicted octanol–water partition coefficient (Wildman–Crippen LogP) is 7.06. The number of carbonyl (C=O) groups is 3. The Kier molecular flexibility index (Phi) is 9.52. The number of carbonyl (C=O) groups excluding carboxylic acids is 3. The highest BCUT2D eigenvalue weighted by Gasteiger charge is 2.40. The molecule has 49 heavy (non-hydrogen) atoms. The van der Waals surface area contributed by atoms with E-state index >= 15 is 0 Å². The van der Waals surface area contributed by atoms with E-state index in [0.717, 1.165) is 36.3 Å². The Labute approximate surface area is 294 Å². The standard InChI is InChI=1S/C37H31BrN2O8S/c38-23-6-4-22(5-7-23)35-34(28-13-8-24(41)20-32(28)49-35)48-26-11-9-25(10-12-26)46-18-16-45-17-19-47-31-3-1-2-27-29(31)21-40(37(27)44)30-14-15-33(42)39-36(30)43/h1-13,20,30,41H,14-19,21H2,(H,39,42,43). The van der Waals surface area contributed by atoms with Crippen LogP contribution in [0.2, 0.25) is 0 Å². The third-order valence-electron chi connectivity index (χ3n) is 8.30. The lowest BCUT2D eigenvalue weighted by Gasteiger charge is -2.29. The molecule has 1 atom stereocenters. The summed E-state index contributed by atoms with van der Waals surface area (Å²) in [5, 5.41) is 13.3. The number of nitrogens with one attached hydrogen (secondary N) is 1. The Bertz CT molecular complexity index is 2030. The van der Waals surface area contributed by atoms with E-state index in [2.05, 4.69) is 21.2 Å². The van der Waals surface area contributed by atoms with Crippen molar-refractivity contribution in [2.24, 2.45) is 0 Å². The molecule has 0 saturated carbocycles. The van der Waals surface area contributed by atoms with E-state index in [9.17, 15) is 19.5 Å². The lowest BCUT2D eigenvalue weighted by atomic mass is 10.0. The molecule has 1 saturated heterocycles. The van der Waals surface area contributed by atoms with Gasteiger partial charge in [-0.05, 0) is 78.7 Å². The maximum Gasteiger partial charge on any atom is 0.255 e. The van der Waals surface area contributed by atoms with Gasteiger partial charge in [-0.2, -0.15) is 0 Å². The zero-order chi connectivity index (χ0) is 33.9. The van der Waals surface area contributed by atoms with Crippen LogP contribution in [0, 0.1) is 0 Å². The molecule has 1 fully saturated rings. The molecule has 1 unspecified atom stereocenters. The number of hydrogen-bond acceptors (Lipinski definition) is 9. The average Bonchev–Trinajstić information content (AvgIpc) is 3.62. The monoisotopic (exact) mass is 742 g/mol. The first-order chi connectivity index (χ1) is 23.8. The maximum atomic E-state index is 13.0. The number of ether oxygens (including phenoxy) is 4. The number of benzene rings is 4. The number of aromatic hydroxyl groups is 1. The van der Waals surface area contributed by atoms with Crippen molar-refractivity contribution in [1.82, 2.24) is 10.2 Å². The van der Waals surface area contributed by atoms with Gasteiger partial charge in [0.1, 0.15) is 42.3 Å². The van der Waals surface area contributed by atoms with Gasteiger partial charge in [-0.25, -0.2) is 0 Å². The summed E-state index contributed by atoms with van der Waals surface area (Å²) in [5.41, 5.74) is 2.24. The van der Waals surface area contributed by atoms with Crippen LogP contribution in [0.5, 0.6) is 28.7 Å². The third-order valence-corrected chi connectivity index (χ3v) is 10.0. The molecule has 5 aromatic rings. The van der Waals surface area contributed by atoms with E-state index in [1.54, 1.807) is 41.7 Å². The lowest BCUT2D eigenvalue weighted by Crippen LogP contribution is -2.52. The Morgan fingerprint density at radius 1 is 0.878 bits per heavy atom. The number of rotatable bonds is 12. The summed E-state index contributed by atoms with van der Waals surface area (Å²) < 4.78 is 25.8. The normalized spacial score (nSPS) is 15.7. The van der Waals surface area contributed by atoms with Crippen LogP contribution in [-0.2, 0) is 20.9 Å². The number of phenols is 1. The smallest absolute Gasteiger partial charge is 0.255 e. The number of fused-ring (bicyclic) bond motifs is 2. The van der Waals surface area contributed by atoms with Crippen LogP contribution in [0.4, 0.5) is 0 Å². The Balaban J connectivity index is 0.886. The Hall–Kier alpha value is -4.91. The molecule has 0 spiro atoms. The molecule has 250 valence electrons. The van der Waals surface area contributed by atoms with E-state index in [1.165, 1.54) is 4.90 Å². The molecular formula is C37H31BrN2O8S. The van der Waals surface area contributed by atoms with Crippen molar-refractivity contribution >= 4 is 55.1 Å². The molecule has 7 rings (SSSR count). The van der Waals surface area contributed by atoms with Gasteiger partial charge in [0.25, 0.3) is 5.91 Å². The molecule has 1 aromatic heterocycles. The van der Waals surface area contributed by atoms with Gasteiger partial charge in [-0.15, -0.1) is 11.3 Å². The molecule has 0 radical (unpaired) electrons. The van der Waals surface area contributed by atoms with Gasteiger partial charge in [0.2, 0.25) is 11.8 Å². The molecule has 3 heterocycles. The van der Waals surface area contributed by atoms with Crippen molar-refractivity contribution in [2.75, 3.05) is 26.4 Å². The fraction of sp³-hybridized carbons (Fsp3) is 0.216. The number of imide groups is 1. The van der Waals surface area contributed by atoms with Gasteiger partial charge in [0, 0.05) is 32.1 Å². The van der Waals surface area contributed by atoms with Crippen molar-refractivity contribution in [3.8, 4) is 39.2 Å². The van der Waals surface area contributed by atoms with Crippen LogP contribution in [0.25, 0.3) is 20.5 Å². The third kappa shape index (κ3) is 7.12. The van der Waals surface area contributed by atoms with E-state index < -0.39 is 11.9 Å². The fourth-order valence-electron chi connectivity index (χ4n) is 5.90. The number of halogens is 1. The molecule has 0 aliphatic carbocycles. The first-order valence-corrected chi connectivity index (χ1v) is 17.3. The molecule has 4 aromatic carbocycles. The zero-order valence-electron chi connectivity index (χ0n) is 26.1. The van der Waals surface area contributed by atoms with Crippen LogP contribution < -0.4 is 19.5 Å². The van der Waals surface area contributed by atoms with Gasteiger partial charge in [0.05, 0.1) is 24.6 Å². The number of piperidine rings is 1. The number of amides is 3. The molecule has 2 aliphatic rings. The SMILES string of the molecule is O=C1CCC(N2Cc3c(OCCOCCOc4ccc(Oc5c(-c6ccc(Br)cc6)sc6cc(O)ccc56)cc4)cccc3C2=O)C(=O)N1. The first kappa shape index (κ1) is 32.6. The minimum atomic E-state index is -0.675. The quantitative estimate of drug-likeness (QED) is 0.103. The summed E-state index contributed by atoms with van der Waals surface area (Å²) in [6.45, 7) is 1.52. The highest BCUT2D eigenvalue weighted by atomic mass is 79.9. The van der Waals surface area contributed by atoms with Gasteiger partial charge in [0.15, 0.2) is 5.75 Å². The largest absolute Gasteiger partial charge is 0.508 e. The fourth-order valence-corrected chi connectivity index (χ4v) is 7.33. The van der Waals surface area contributed by atoms with Crippen molar-refractivity contribution in [3.63, 3.8) is 0 Å². The topological polar surface area (TPSA) is 124 Å².